The molecule has 76 valence electrons. The van der Waals surface area contributed by atoms with Crippen LogP contribution in [-0.4, -0.2) is 13.1 Å². The second-order valence-corrected chi connectivity index (χ2v) is 4.99. The van der Waals surface area contributed by atoms with Gasteiger partial charge in [-0.15, -0.1) is 0 Å². The molecule has 1 aliphatic heterocycles. The molecule has 2 rings (SSSR count). The van der Waals surface area contributed by atoms with Crippen LogP contribution >= 0.6 is 0 Å². The minimum atomic E-state index is 1.06. The number of hydrogen-bond donors (Lipinski definition) is 1. The van der Waals surface area contributed by atoms with E-state index in [0.29, 0.717) is 0 Å². The quantitative estimate of drug-likeness (QED) is 0.587. The Kier molecular flexibility index (Phi) is 3.26. The summed E-state index contributed by atoms with van der Waals surface area (Å²) in [7, 11) is 4.09. The predicted octanol–water partition coefficient (Wildman–Crippen LogP) is 1.65. The Morgan fingerprint density at radius 1 is 0.769 bits per heavy atom. The third-order valence-corrected chi connectivity index (χ3v) is 4.05. The molecule has 0 aromatic heterocycles. The SMILES string of the molecule is [CH2-][NH+]1CCC(C2CCCCC2)CC1. The first-order valence-electron chi connectivity index (χ1n) is 6.03. The lowest BCUT2D eigenvalue weighted by molar-refractivity contribution is -0.860. The zero-order valence-corrected chi connectivity index (χ0v) is 8.73. The first kappa shape index (κ1) is 9.51. The van der Waals surface area contributed by atoms with Gasteiger partial charge < -0.3 is 4.90 Å². The Morgan fingerprint density at radius 2 is 1.31 bits per heavy atom. The average Bonchev–Trinajstić information content (AvgIpc) is 2.20. The van der Waals surface area contributed by atoms with Gasteiger partial charge in [-0.1, -0.05) is 32.1 Å². The summed E-state index contributed by atoms with van der Waals surface area (Å²) in [5.41, 5.74) is 0. The topological polar surface area (TPSA) is 4.44 Å². The van der Waals surface area contributed by atoms with Crippen molar-refractivity contribution in [3.05, 3.63) is 7.05 Å². The van der Waals surface area contributed by atoms with Crippen LogP contribution in [-0.2, 0) is 0 Å². The summed E-state index contributed by atoms with van der Waals surface area (Å²) in [4.78, 5) is 1.51. The molecular weight excluding hydrogens is 158 g/mol. The van der Waals surface area contributed by atoms with E-state index >= 15 is 0 Å². The third kappa shape index (κ3) is 2.46. The second kappa shape index (κ2) is 4.45. The number of nitrogens with one attached hydrogen (secondary N) is 1. The van der Waals surface area contributed by atoms with E-state index in [9.17, 15) is 0 Å². The molecule has 13 heavy (non-hydrogen) atoms. The van der Waals surface area contributed by atoms with Crippen LogP contribution < -0.4 is 4.90 Å². The molecule has 0 spiro atoms. The standard InChI is InChI=1S/C12H23N/c1-13-9-7-12(8-10-13)11-5-3-2-4-6-11/h11-13H,1-10H2. The van der Waals surface area contributed by atoms with Crippen molar-refractivity contribution in [2.75, 3.05) is 13.1 Å². The maximum absolute atomic E-state index is 4.09. The summed E-state index contributed by atoms with van der Waals surface area (Å²) < 4.78 is 0. The van der Waals surface area contributed by atoms with Crippen molar-refractivity contribution < 1.29 is 4.90 Å². The van der Waals surface area contributed by atoms with E-state index in [-0.39, 0.29) is 0 Å². The summed E-state index contributed by atoms with van der Waals surface area (Å²) in [5, 5.41) is 0. The molecule has 1 nitrogen and oxygen atoms in total. The van der Waals surface area contributed by atoms with Gasteiger partial charge in [-0.2, -0.15) is 7.05 Å². The van der Waals surface area contributed by atoms with Crippen molar-refractivity contribution in [2.24, 2.45) is 11.8 Å². The van der Waals surface area contributed by atoms with Gasteiger partial charge in [-0.3, -0.25) is 0 Å². The third-order valence-electron chi connectivity index (χ3n) is 4.05. The highest BCUT2D eigenvalue weighted by atomic mass is 15.1. The molecule has 0 radical (unpaired) electrons. The molecule has 1 aliphatic carbocycles. The van der Waals surface area contributed by atoms with Gasteiger partial charge in [0.25, 0.3) is 0 Å². The molecule has 1 heteroatoms. The lowest BCUT2D eigenvalue weighted by Crippen LogP contribution is -3.08. The summed E-state index contributed by atoms with van der Waals surface area (Å²) >= 11 is 0. The van der Waals surface area contributed by atoms with Crippen LogP contribution in [0.5, 0.6) is 0 Å². The summed E-state index contributed by atoms with van der Waals surface area (Å²) in [6.45, 7) is 2.64. The largest absolute Gasteiger partial charge is 0.468 e. The van der Waals surface area contributed by atoms with E-state index in [4.69, 9.17) is 0 Å². The van der Waals surface area contributed by atoms with E-state index in [1.807, 2.05) is 0 Å². The molecule has 1 heterocycles. The molecule has 0 bridgehead atoms. The van der Waals surface area contributed by atoms with Crippen LogP contribution in [0.1, 0.15) is 44.9 Å². The van der Waals surface area contributed by atoms with Crippen molar-refractivity contribution >= 4 is 0 Å². The smallest absolute Gasteiger partial charge is 0.0533 e. The molecule has 0 unspecified atom stereocenters. The Bertz CT molecular complexity index is 141. The Labute approximate surface area is 82.5 Å². The molecule has 0 atom stereocenters. The minimum Gasteiger partial charge on any atom is -0.468 e. The fourth-order valence-corrected chi connectivity index (χ4v) is 3.13. The highest BCUT2D eigenvalue weighted by Gasteiger charge is 2.26. The van der Waals surface area contributed by atoms with Gasteiger partial charge in [-0.25, -0.2) is 0 Å². The molecular formula is C12H23N. The Morgan fingerprint density at radius 3 is 1.92 bits per heavy atom. The highest BCUT2D eigenvalue weighted by molar-refractivity contribution is 4.75. The number of hydrogen-bond acceptors (Lipinski definition) is 0. The van der Waals surface area contributed by atoms with Gasteiger partial charge >= 0.3 is 0 Å². The molecule has 2 fully saturated rings. The summed E-state index contributed by atoms with van der Waals surface area (Å²) in [5.74, 6) is 2.15. The Hall–Kier alpha value is -0.0400. The lowest BCUT2D eigenvalue weighted by atomic mass is 9.76. The first-order valence-corrected chi connectivity index (χ1v) is 6.03. The number of quaternary nitrogens is 1. The van der Waals surface area contributed by atoms with Crippen LogP contribution in [0, 0.1) is 18.9 Å². The van der Waals surface area contributed by atoms with E-state index in [1.54, 1.807) is 0 Å². The number of piperidine rings is 1. The number of likely N-dealkylation sites (tertiary alicyclic amines) is 1. The maximum Gasteiger partial charge on any atom is 0.0533 e. The summed E-state index contributed by atoms with van der Waals surface area (Å²) in [6, 6.07) is 0. The van der Waals surface area contributed by atoms with Crippen LogP contribution in [0.15, 0.2) is 0 Å². The van der Waals surface area contributed by atoms with Crippen LogP contribution in [0.4, 0.5) is 0 Å². The van der Waals surface area contributed by atoms with Crippen LogP contribution in [0.25, 0.3) is 0 Å². The van der Waals surface area contributed by atoms with Gasteiger partial charge in [0.2, 0.25) is 0 Å². The van der Waals surface area contributed by atoms with Crippen molar-refractivity contribution in [1.82, 2.24) is 0 Å². The van der Waals surface area contributed by atoms with E-state index in [1.165, 1.54) is 62.9 Å². The van der Waals surface area contributed by atoms with Crippen molar-refractivity contribution in [1.29, 1.82) is 0 Å². The van der Waals surface area contributed by atoms with Crippen molar-refractivity contribution in [3.63, 3.8) is 0 Å². The lowest BCUT2D eigenvalue weighted by Gasteiger charge is -2.37. The summed E-state index contributed by atoms with van der Waals surface area (Å²) in [6.07, 6.45) is 10.4. The van der Waals surface area contributed by atoms with Gasteiger partial charge in [0.1, 0.15) is 0 Å². The average molecular weight is 181 g/mol. The molecule has 0 amide bonds. The maximum atomic E-state index is 4.09. The molecule has 1 saturated heterocycles. The zero-order valence-electron chi connectivity index (χ0n) is 8.73. The van der Waals surface area contributed by atoms with Crippen LogP contribution in [0.3, 0.4) is 0 Å². The zero-order chi connectivity index (χ0) is 9.10. The molecule has 0 aromatic rings. The van der Waals surface area contributed by atoms with Crippen LogP contribution in [0.2, 0.25) is 0 Å². The molecule has 0 aromatic carbocycles. The fraction of sp³-hybridized carbons (Fsp3) is 0.917. The van der Waals surface area contributed by atoms with Gasteiger partial charge in [-0.05, 0) is 24.7 Å². The fourth-order valence-electron chi connectivity index (χ4n) is 3.13. The Balaban J connectivity index is 1.79. The van der Waals surface area contributed by atoms with E-state index in [0.717, 1.165) is 11.8 Å². The van der Waals surface area contributed by atoms with Crippen molar-refractivity contribution in [3.8, 4) is 0 Å². The van der Waals surface area contributed by atoms with Gasteiger partial charge in [0, 0.05) is 0 Å². The van der Waals surface area contributed by atoms with Gasteiger partial charge in [0.05, 0.1) is 13.1 Å². The predicted molar refractivity (Wildman–Crippen MR) is 55.4 cm³/mol. The second-order valence-electron chi connectivity index (χ2n) is 4.99. The van der Waals surface area contributed by atoms with Gasteiger partial charge in [0.15, 0.2) is 0 Å². The molecule has 2 aliphatic rings. The normalized spacial score (nSPS) is 37.6. The monoisotopic (exact) mass is 181 g/mol. The molecule has 1 N–H and O–H groups in total. The van der Waals surface area contributed by atoms with E-state index < -0.39 is 0 Å². The van der Waals surface area contributed by atoms with E-state index in [2.05, 4.69) is 7.05 Å². The van der Waals surface area contributed by atoms with Crippen molar-refractivity contribution in [2.45, 2.75) is 44.9 Å². The minimum absolute atomic E-state index is 1.06. The first-order chi connectivity index (χ1) is 6.36. The number of rotatable bonds is 1. The molecule has 1 saturated carbocycles. The highest BCUT2D eigenvalue weighted by Crippen LogP contribution is 2.33.